The van der Waals surface area contributed by atoms with E-state index in [0.29, 0.717) is 16.5 Å². The van der Waals surface area contributed by atoms with Crippen LogP contribution >= 0.6 is 11.6 Å². The molecular weight excluding hydrogens is 362 g/mol. The molecule has 0 bridgehead atoms. The highest BCUT2D eigenvalue weighted by atomic mass is 35.5. The van der Waals surface area contributed by atoms with E-state index in [0.717, 1.165) is 5.57 Å². The van der Waals surface area contributed by atoms with Crippen LogP contribution in [0.1, 0.15) is 25.5 Å². The number of anilines is 1. The Morgan fingerprint density at radius 3 is 2.40 bits per heavy atom. The van der Waals surface area contributed by atoms with E-state index in [9.17, 15) is 13.2 Å². The molecule has 1 saturated carbocycles. The zero-order valence-corrected chi connectivity index (χ0v) is 15.5. The van der Waals surface area contributed by atoms with Crippen LogP contribution < -0.4 is 5.32 Å². The third kappa shape index (κ3) is 2.98. The topological polar surface area (TPSA) is 81.1 Å². The van der Waals surface area contributed by atoms with Gasteiger partial charge in [0.05, 0.1) is 10.6 Å². The van der Waals surface area contributed by atoms with Crippen LogP contribution in [-0.2, 0) is 21.7 Å². The molecule has 25 heavy (non-hydrogen) atoms. The molecule has 2 aromatic rings. The second-order valence-corrected chi connectivity index (χ2v) is 8.92. The number of halogens is 1. The predicted octanol–water partition coefficient (Wildman–Crippen LogP) is 3.05. The number of carbonyl (C=O) groups excluding carboxylic acids is 1. The van der Waals surface area contributed by atoms with Crippen molar-refractivity contribution in [3.63, 3.8) is 0 Å². The van der Waals surface area contributed by atoms with E-state index in [-0.39, 0.29) is 17.7 Å². The third-order valence-corrected chi connectivity index (χ3v) is 7.08. The van der Waals surface area contributed by atoms with Crippen LogP contribution in [-0.4, -0.2) is 28.9 Å². The lowest BCUT2D eigenvalue weighted by Crippen LogP contribution is -2.37. The number of nitrogens with zero attached hydrogens (tertiary/aromatic N) is 2. The van der Waals surface area contributed by atoms with E-state index in [1.54, 1.807) is 20.0 Å². The highest BCUT2D eigenvalue weighted by molar-refractivity contribution is 7.94. The van der Waals surface area contributed by atoms with E-state index in [2.05, 4.69) is 17.0 Å². The van der Waals surface area contributed by atoms with Gasteiger partial charge >= 0.3 is 0 Å². The number of aryl methyl sites for hydroxylation is 1. The number of nitrogens with one attached hydrogen (secondary N) is 1. The Hall–Kier alpha value is -2.12. The van der Waals surface area contributed by atoms with Crippen molar-refractivity contribution in [1.29, 1.82) is 0 Å². The van der Waals surface area contributed by atoms with Crippen LogP contribution in [0.2, 0.25) is 5.02 Å². The number of rotatable bonds is 5. The molecule has 0 saturated heterocycles. The number of aromatic nitrogens is 2. The molecule has 1 aliphatic rings. The fraction of sp³-hybridized carbons (Fsp3) is 0.294. The average molecular weight is 380 g/mol. The van der Waals surface area contributed by atoms with E-state index in [1.807, 2.05) is 0 Å². The number of amides is 1. The van der Waals surface area contributed by atoms with Crippen LogP contribution in [0.3, 0.4) is 0 Å². The molecule has 1 fully saturated rings. The van der Waals surface area contributed by atoms with E-state index < -0.39 is 20.5 Å². The van der Waals surface area contributed by atoms with Crippen LogP contribution in [0.15, 0.2) is 41.8 Å². The summed E-state index contributed by atoms with van der Waals surface area (Å²) in [6.07, 6.45) is 0.573. The lowest BCUT2D eigenvalue weighted by atomic mass is 10.2. The smallest absolute Gasteiger partial charge is 0.247 e. The Morgan fingerprint density at radius 1 is 1.32 bits per heavy atom. The van der Waals surface area contributed by atoms with E-state index in [1.165, 1.54) is 28.9 Å². The van der Waals surface area contributed by atoms with Gasteiger partial charge in [0.15, 0.2) is 14.6 Å². The molecule has 1 heterocycles. The first kappa shape index (κ1) is 17.7. The average Bonchev–Trinajstić information content (AvgIpc) is 3.29. The summed E-state index contributed by atoms with van der Waals surface area (Å²) in [7, 11) is -2.13. The van der Waals surface area contributed by atoms with Gasteiger partial charge in [-0.25, -0.2) is 8.42 Å². The summed E-state index contributed by atoms with van der Waals surface area (Å²) in [5, 5.41) is 7.36. The molecule has 1 aromatic carbocycles. The second kappa shape index (κ2) is 6.00. The minimum atomic E-state index is -3.80. The summed E-state index contributed by atoms with van der Waals surface area (Å²) in [6.45, 7) is 5.62. The van der Waals surface area contributed by atoms with Gasteiger partial charge in [0.1, 0.15) is 5.82 Å². The number of allylic oxidation sites excluding steroid dienone is 1. The fourth-order valence-corrected chi connectivity index (χ4v) is 4.60. The maximum absolute atomic E-state index is 12.9. The number of hydrogen-bond donors (Lipinski definition) is 1. The first-order valence-electron chi connectivity index (χ1n) is 7.69. The quantitative estimate of drug-likeness (QED) is 0.865. The van der Waals surface area contributed by atoms with Crippen LogP contribution in [0.4, 0.5) is 5.82 Å². The predicted molar refractivity (Wildman–Crippen MR) is 97.1 cm³/mol. The molecule has 1 aliphatic carbocycles. The highest BCUT2D eigenvalue weighted by Gasteiger charge is 2.61. The summed E-state index contributed by atoms with van der Waals surface area (Å²) < 4.78 is 25.9. The summed E-state index contributed by atoms with van der Waals surface area (Å²) in [4.78, 5) is 12.8. The van der Waals surface area contributed by atoms with Gasteiger partial charge in [-0.3, -0.25) is 9.48 Å². The van der Waals surface area contributed by atoms with Crippen molar-refractivity contribution in [2.24, 2.45) is 7.05 Å². The maximum atomic E-state index is 12.9. The van der Waals surface area contributed by atoms with E-state index >= 15 is 0 Å². The molecule has 132 valence electrons. The molecule has 3 rings (SSSR count). The molecule has 1 N–H and O–H groups in total. The van der Waals surface area contributed by atoms with Crippen LogP contribution in [0, 0.1) is 0 Å². The van der Waals surface area contributed by atoms with Gasteiger partial charge in [-0.1, -0.05) is 18.2 Å². The first-order valence-corrected chi connectivity index (χ1v) is 9.55. The molecule has 0 spiro atoms. The Labute approximate surface area is 151 Å². The Bertz CT molecular complexity index is 958. The van der Waals surface area contributed by atoms with Gasteiger partial charge in [-0.15, -0.1) is 0 Å². The van der Waals surface area contributed by atoms with Gasteiger partial charge in [0.25, 0.3) is 0 Å². The third-order valence-electron chi connectivity index (χ3n) is 4.31. The second-order valence-electron chi connectivity index (χ2n) is 6.22. The molecular formula is C17H18ClN3O3S. The van der Waals surface area contributed by atoms with Crippen molar-refractivity contribution in [3.05, 3.63) is 47.6 Å². The summed E-state index contributed by atoms with van der Waals surface area (Å²) >= 11 is 5.82. The van der Waals surface area contributed by atoms with Gasteiger partial charge in [0.2, 0.25) is 5.91 Å². The number of benzene rings is 1. The largest absolute Gasteiger partial charge is 0.310 e. The lowest BCUT2D eigenvalue weighted by Gasteiger charge is -2.16. The van der Waals surface area contributed by atoms with E-state index in [4.69, 9.17) is 11.6 Å². The monoisotopic (exact) mass is 379 g/mol. The molecule has 0 radical (unpaired) electrons. The number of hydrogen-bond acceptors (Lipinski definition) is 4. The minimum absolute atomic E-state index is 0.0946. The van der Waals surface area contributed by atoms with Gasteiger partial charge in [0, 0.05) is 18.1 Å². The van der Waals surface area contributed by atoms with Crippen LogP contribution in [0.5, 0.6) is 0 Å². The Kier molecular flexibility index (Phi) is 4.25. The molecule has 1 amide bonds. The molecule has 1 aromatic heterocycles. The van der Waals surface area contributed by atoms with Crippen molar-refractivity contribution in [2.75, 3.05) is 5.32 Å². The molecule has 0 unspecified atom stereocenters. The summed E-state index contributed by atoms with van der Waals surface area (Å²) in [5.74, 6) is -0.112. The van der Waals surface area contributed by atoms with Crippen molar-refractivity contribution in [2.45, 2.75) is 29.4 Å². The molecule has 8 heteroatoms. The SMILES string of the molecule is C=C(C)c1cc(NC(=O)C2(S(=O)(=O)c3ccc(Cl)cc3)CC2)n(C)n1. The van der Waals surface area contributed by atoms with Gasteiger partial charge < -0.3 is 5.32 Å². The van der Waals surface area contributed by atoms with Crippen molar-refractivity contribution in [3.8, 4) is 0 Å². The van der Waals surface area contributed by atoms with Crippen molar-refractivity contribution >= 4 is 38.7 Å². The first-order chi connectivity index (χ1) is 11.7. The fourth-order valence-electron chi connectivity index (χ4n) is 2.59. The van der Waals surface area contributed by atoms with Gasteiger partial charge in [-0.05, 0) is 49.6 Å². The Balaban J connectivity index is 1.89. The zero-order chi connectivity index (χ0) is 18.4. The highest BCUT2D eigenvalue weighted by Crippen LogP contribution is 2.47. The van der Waals surface area contributed by atoms with Crippen LogP contribution in [0.25, 0.3) is 5.57 Å². The number of sulfone groups is 1. The molecule has 0 atom stereocenters. The Morgan fingerprint density at radius 2 is 1.92 bits per heavy atom. The normalized spacial score (nSPS) is 15.6. The minimum Gasteiger partial charge on any atom is -0.310 e. The van der Waals surface area contributed by atoms with Crippen molar-refractivity contribution in [1.82, 2.24) is 9.78 Å². The lowest BCUT2D eigenvalue weighted by molar-refractivity contribution is -0.116. The molecule has 0 aliphatic heterocycles. The summed E-state index contributed by atoms with van der Waals surface area (Å²) in [5.41, 5.74) is 1.40. The molecule has 6 nitrogen and oxygen atoms in total. The van der Waals surface area contributed by atoms with Gasteiger partial charge in [-0.2, -0.15) is 5.10 Å². The zero-order valence-electron chi connectivity index (χ0n) is 13.9. The van der Waals surface area contributed by atoms with Crippen molar-refractivity contribution < 1.29 is 13.2 Å². The standard InChI is InChI=1S/C17H18ClN3O3S/c1-11(2)14-10-15(21(3)20-14)19-16(22)17(8-9-17)25(23,24)13-6-4-12(18)5-7-13/h4-7,10H,1,8-9H2,2-3H3,(H,19,22). The maximum Gasteiger partial charge on any atom is 0.247 e. The number of carbonyl (C=O) groups is 1. The summed E-state index contributed by atoms with van der Waals surface area (Å²) in [6, 6.07) is 7.53.